The van der Waals surface area contributed by atoms with Gasteiger partial charge in [-0.15, -0.1) is 0 Å². The molecule has 0 aliphatic rings. The summed E-state index contributed by atoms with van der Waals surface area (Å²) in [7, 11) is -3.81. The van der Waals surface area contributed by atoms with Gasteiger partial charge in [0.05, 0.1) is 10.5 Å². The Morgan fingerprint density at radius 2 is 1.72 bits per heavy atom. The molecule has 156 valence electrons. The van der Waals surface area contributed by atoms with Crippen molar-refractivity contribution >= 4 is 21.9 Å². The van der Waals surface area contributed by atoms with Crippen molar-refractivity contribution in [3.05, 3.63) is 65.7 Å². The molecule has 0 atom stereocenters. The molecule has 1 amide bonds. The quantitative estimate of drug-likeness (QED) is 0.610. The molecular formula is C21H26N2O5S. The highest BCUT2D eigenvalue weighted by Crippen LogP contribution is 2.13. The van der Waals surface area contributed by atoms with Gasteiger partial charge < -0.3 is 10.1 Å². The van der Waals surface area contributed by atoms with Crippen LogP contribution in [-0.4, -0.2) is 32.4 Å². The Morgan fingerprint density at radius 1 is 1.03 bits per heavy atom. The van der Waals surface area contributed by atoms with Crippen LogP contribution in [0.4, 0.5) is 0 Å². The molecular weight excluding hydrogens is 392 g/mol. The maximum Gasteiger partial charge on any atom is 0.338 e. The molecule has 0 aliphatic heterocycles. The first-order chi connectivity index (χ1) is 13.6. The van der Waals surface area contributed by atoms with Crippen LogP contribution < -0.4 is 10.0 Å². The van der Waals surface area contributed by atoms with Gasteiger partial charge in [-0.05, 0) is 44.0 Å². The topological polar surface area (TPSA) is 102 Å². The lowest BCUT2D eigenvalue weighted by Crippen LogP contribution is -2.44. The third-order valence-corrected chi connectivity index (χ3v) is 5.78. The lowest BCUT2D eigenvalue weighted by atomic mass is 10.0. The minimum Gasteiger partial charge on any atom is -0.452 e. The van der Waals surface area contributed by atoms with Crippen molar-refractivity contribution in [2.24, 2.45) is 0 Å². The highest BCUT2D eigenvalue weighted by atomic mass is 32.2. The molecule has 2 aromatic rings. The summed E-state index contributed by atoms with van der Waals surface area (Å²) in [5, 5.41) is 2.76. The van der Waals surface area contributed by atoms with Gasteiger partial charge in [0.15, 0.2) is 6.61 Å². The molecule has 2 aromatic carbocycles. The normalized spacial score (nSPS) is 11.7. The van der Waals surface area contributed by atoms with Crippen LogP contribution in [-0.2, 0) is 26.1 Å². The first kappa shape index (κ1) is 22.6. The van der Waals surface area contributed by atoms with Gasteiger partial charge in [0, 0.05) is 12.1 Å². The average molecular weight is 419 g/mol. The van der Waals surface area contributed by atoms with E-state index in [1.165, 1.54) is 24.3 Å². The van der Waals surface area contributed by atoms with Crippen LogP contribution in [0, 0.1) is 0 Å². The van der Waals surface area contributed by atoms with Gasteiger partial charge in [0.25, 0.3) is 5.91 Å². The fraction of sp³-hybridized carbons (Fsp3) is 0.333. The average Bonchev–Trinajstić information content (AvgIpc) is 2.71. The summed E-state index contributed by atoms with van der Waals surface area (Å²) < 4.78 is 32.5. The summed E-state index contributed by atoms with van der Waals surface area (Å²) >= 11 is 0. The summed E-state index contributed by atoms with van der Waals surface area (Å²) in [6.07, 6.45) is 0.725. The van der Waals surface area contributed by atoms with Gasteiger partial charge in [-0.25, -0.2) is 17.9 Å². The maximum atomic E-state index is 12.5. The third-order valence-electron chi connectivity index (χ3n) is 4.39. The molecule has 2 N–H and O–H groups in total. The minimum absolute atomic E-state index is 0.0511. The standard InChI is InChI=1S/C21H26N2O5S/c1-4-21(2,3)23-19(24)15-28-20(25)17-11-8-12-18(13-17)29(26,27)22-14-16-9-6-5-7-10-16/h5-13,22H,4,14-15H2,1-3H3,(H,23,24). The van der Waals surface area contributed by atoms with Gasteiger partial charge >= 0.3 is 5.97 Å². The molecule has 0 saturated heterocycles. The second-order valence-electron chi connectivity index (χ2n) is 7.20. The lowest BCUT2D eigenvalue weighted by Gasteiger charge is -2.24. The van der Waals surface area contributed by atoms with Crippen LogP contribution in [0.25, 0.3) is 0 Å². The zero-order valence-electron chi connectivity index (χ0n) is 16.8. The Hall–Kier alpha value is -2.71. The number of carbonyl (C=O) groups is 2. The smallest absolute Gasteiger partial charge is 0.338 e. The Balaban J connectivity index is 2.00. The maximum absolute atomic E-state index is 12.5. The molecule has 7 nitrogen and oxygen atoms in total. The zero-order chi connectivity index (χ0) is 21.5. The number of carbonyl (C=O) groups excluding carboxylic acids is 2. The molecule has 8 heteroatoms. The predicted molar refractivity (Wildman–Crippen MR) is 110 cm³/mol. The molecule has 2 rings (SSSR count). The van der Waals surface area contributed by atoms with E-state index >= 15 is 0 Å². The van der Waals surface area contributed by atoms with E-state index < -0.39 is 34.0 Å². The molecule has 0 fully saturated rings. The number of sulfonamides is 1. The van der Waals surface area contributed by atoms with E-state index in [2.05, 4.69) is 10.0 Å². The zero-order valence-corrected chi connectivity index (χ0v) is 17.6. The van der Waals surface area contributed by atoms with Crippen molar-refractivity contribution in [1.29, 1.82) is 0 Å². The van der Waals surface area contributed by atoms with Crippen molar-refractivity contribution in [1.82, 2.24) is 10.0 Å². The Morgan fingerprint density at radius 3 is 2.38 bits per heavy atom. The summed E-state index contributed by atoms with van der Waals surface area (Å²) in [5.74, 6) is -1.19. The first-order valence-electron chi connectivity index (χ1n) is 9.25. The van der Waals surface area contributed by atoms with Crippen molar-refractivity contribution in [2.45, 2.75) is 44.2 Å². The van der Waals surface area contributed by atoms with E-state index in [9.17, 15) is 18.0 Å². The number of amides is 1. The van der Waals surface area contributed by atoms with Crippen LogP contribution in [0.1, 0.15) is 43.1 Å². The van der Waals surface area contributed by atoms with Crippen LogP contribution in [0.2, 0.25) is 0 Å². The van der Waals surface area contributed by atoms with Crippen molar-refractivity contribution in [3.63, 3.8) is 0 Å². The summed E-state index contributed by atoms with van der Waals surface area (Å²) in [6.45, 7) is 5.35. The molecule has 0 saturated carbocycles. The van der Waals surface area contributed by atoms with Gasteiger partial charge in [-0.1, -0.05) is 43.3 Å². The van der Waals surface area contributed by atoms with E-state index in [0.29, 0.717) is 0 Å². The number of rotatable bonds is 9. The van der Waals surface area contributed by atoms with Gasteiger partial charge in [-0.3, -0.25) is 4.79 Å². The first-order valence-corrected chi connectivity index (χ1v) is 10.7. The lowest BCUT2D eigenvalue weighted by molar-refractivity contribution is -0.125. The molecule has 0 unspecified atom stereocenters. The van der Waals surface area contributed by atoms with Crippen molar-refractivity contribution < 1.29 is 22.7 Å². The summed E-state index contributed by atoms with van der Waals surface area (Å²) in [4.78, 5) is 24.1. The van der Waals surface area contributed by atoms with Gasteiger partial charge in [0.1, 0.15) is 0 Å². The predicted octanol–water partition coefficient (Wildman–Crippen LogP) is 2.63. The van der Waals surface area contributed by atoms with Crippen molar-refractivity contribution in [3.8, 4) is 0 Å². The Kier molecular flexibility index (Phi) is 7.53. The second kappa shape index (κ2) is 9.67. The summed E-state index contributed by atoms with van der Waals surface area (Å²) in [5.41, 5.74) is 0.463. The third kappa shape index (κ3) is 6.99. The molecule has 0 heterocycles. The number of hydrogen-bond acceptors (Lipinski definition) is 5. The monoisotopic (exact) mass is 418 g/mol. The molecule has 0 aromatic heterocycles. The fourth-order valence-corrected chi connectivity index (χ4v) is 3.43. The van der Waals surface area contributed by atoms with Crippen LogP contribution in [0.15, 0.2) is 59.5 Å². The number of esters is 1. The molecule has 0 aliphatic carbocycles. The highest BCUT2D eigenvalue weighted by Gasteiger charge is 2.20. The van der Waals surface area contributed by atoms with Crippen molar-refractivity contribution in [2.75, 3.05) is 6.61 Å². The van der Waals surface area contributed by atoms with E-state index in [1.807, 2.05) is 39.0 Å². The number of benzene rings is 2. The fourth-order valence-electron chi connectivity index (χ4n) is 2.36. The van der Waals surface area contributed by atoms with Crippen LogP contribution in [0.5, 0.6) is 0 Å². The summed E-state index contributed by atoms with van der Waals surface area (Å²) in [6, 6.07) is 14.6. The SMILES string of the molecule is CCC(C)(C)NC(=O)COC(=O)c1cccc(S(=O)(=O)NCc2ccccc2)c1. The van der Waals surface area contributed by atoms with Crippen LogP contribution in [0.3, 0.4) is 0 Å². The van der Waals surface area contributed by atoms with E-state index in [-0.39, 0.29) is 17.0 Å². The number of hydrogen-bond donors (Lipinski definition) is 2. The number of ether oxygens (including phenoxy) is 1. The highest BCUT2D eigenvalue weighted by molar-refractivity contribution is 7.89. The van der Waals surface area contributed by atoms with Crippen LogP contribution >= 0.6 is 0 Å². The van der Waals surface area contributed by atoms with E-state index in [1.54, 1.807) is 12.1 Å². The molecule has 0 spiro atoms. The molecule has 29 heavy (non-hydrogen) atoms. The Bertz CT molecular complexity index is 956. The van der Waals surface area contributed by atoms with Gasteiger partial charge in [-0.2, -0.15) is 0 Å². The molecule has 0 radical (unpaired) electrons. The van der Waals surface area contributed by atoms with E-state index in [4.69, 9.17) is 4.74 Å². The largest absolute Gasteiger partial charge is 0.452 e. The second-order valence-corrected chi connectivity index (χ2v) is 8.97. The van der Waals surface area contributed by atoms with Gasteiger partial charge in [0.2, 0.25) is 10.0 Å². The molecule has 0 bridgehead atoms. The number of nitrogens with one attached hydrogen (secondary N) is 2. The van der Waals surface area contributed by atoms with E-state index in [0.717, 1.165) is 12.0 Å². The Labute approximate surface area is 171 Å². The minimum atomic E-state index is -3.81.